The number of fused-ring (bicyclic) bond motifs is 1. The average molecular weight is 300 g/mol. The Morgan fingerprint density at radius 1 is 1.41 bits per heavy atom. The van der Waals surface area contributed by atoms with Gasteiger partial charge in [-0.05, 0) is 25.5 Å². The number of ether oxygens (including phenoxy) is 1. The molecule has 1 aromatic carbocycles. The van der Waals surface area contributed by atoms with Crippen LogP contribution < -0.4 is 4.74 Å². The van der Waals surface area contributed by atoms with Crippen LogP contribution >= 0.6 is 0 Å². The Morgan fingerprint density at radius 2 is 2.14 bits per heavy atom. The summed E-state index contributed by atoms with van der Waals surface area (Å²) in [5.74, 6) is 2.59. The number of H-pyrrole nitrogens is 1. The molecule has 0 aliphatic carbocycles. The molecule has 2 N–H and O–H groups in total. The maximum Gasteiger partial charge on any atom is 0.122 e. The van der Waals surface area contributed by atoms with Crippen LogP contribution in [0.5, 0.6) is 5.75 Å². The highest BCUT2D eigenvalue weighted by molar-refractivity contribution is 5.80. The Hall–Kier alpha value is -2.04. The van der Waals surface area contributed by atoms with Crippen molar-refractivity contribution in [3.63, 3.8) is 0 Å². The van der Waals surface area contributed by atoms with Gasteiger partial charge in [0.05, 0.1) is 16.9 Å². The highest BCUT2D eigenvalue weighted by atomic mass is 16.5. The molecular formula is C17H24N4O. The molecule has 5 nitrogen and oxygen atoms in total. The fourth-order valence-electron chi connectivity index (χ4n) is 3.05. The van der Waals surface area contributed by atoms with Crippen LogP contribution in [0.2, 0.25) is 0 Å². The highest BCUT2D eigenvalue weighted by Crippen LogP contribution is 2.26. The molecule has 1 fully saturated rings. The summed E-state index contributed by atoms with van der Waals surface area (Å²) in [4.78, 5) is 10.1. The van der Waals surface area contributed by atoms with Gasteiger partial charge in [0.2, 0.25) is 0 Å². The zero-order valence-electron chi connectivity index (χ0n) is 13.6. The molecule has 118 valence electrons. The van der Waals surface area contributed by atoms with Gasteiger partial charge in [-0.15, -0.1) is 0 Å². The van der Waals surface area contributed by atoms with Crippen molar-refractivity contribution in [1.82, 2.24) is 14.9 Å². The standard InChI is InChI=1S/C17H24N4O/c1-4-16-19-15-10-14(9-11(2)17(15)20-16)22-13-5-7-21(8-6-13)12(3)18/h9-10,13,18H,4-8H2,1-3H3,(H,19,20). The Kier molecular flexibility index (Phi) is 4.05. The van der Waals surface area contributed by atoms with Gasteiger partial charge in [0, 0.05) is 38.4 Å². The van der Waals surface area contributed by atoms with Crippen molar-refractivity contribution in [3.8, 4) is 5.75 Å². The molecule has 0 bridgehead atoms. The quantitative estimate of drug-likeness (QED) is 0.675. The number of hydrogen-bond donors (Lipinski definition) is 2. The zero-order chi connectivity index (χ0) is 15.7. The van der Waals surface area contributed by atoms with Crippen molar-refractivity contribution in [2.24, 2.45) is 0 Å². The van der Waals surface area contributed by atoms with Crippen LogP contribution in [0.15, 0.2) is 12.1 Å². The lowest BCUT2D eigenvalue weighted by molar-refractivity contribution is 0.130. The van der Waals surface area contributed by atoms with Gasteiger partial charge in [-0.3, -0.25) is 5.41 Å². The van der Waals surface area contributed by atoms with Crippen molar-refractivity contribution in [3.05, 3.63) is 23.5 Å². The van der Waals surface area contributed by atoms with Gasteiger partial charge in [0.25, 0.3) is 0 Å². The first kappa shape index (κ1) is 14.9. The summed E-state index contributed by atoms with van der Waals surface area (Å²) in [6.45, 7) is 7.85. The molecule has 0 spiro atoms. The van der Waals surface area contributed by atoms with Crippen LogP contribution in [-0.4, -0.2) is 39.9 Å². The van der Waals surface area contributed by atoms with Gasteiger partial charge in [0.1, 0.15) is 17.7 Å². The summed E-state index contributed by atoms with van der Waals surface area (Å²) in [5, 5.41) is 7.69. The molecule has 0 saturated carbocycles. The molecule has 1 aliphatic heterocycles. The molecule has 0 amide bonds. The van der Waals surface area contributed by atoms with Gasteiger partial charge in [-0.1, -0.05) is 6.92 Å². The van der Waals surface area contributed by atoms with E-state index in [1.807, 2.05) is 6.92 Å². The number of aromatic amines is 1. The molecular weight excluding hydrogens is 276 g/mol. The van der Waals surface area contributed by atoms with E-state index in [0.29, 0.717) is 5.84 Å². The fraction of sp³-hybridized carbons (Fsp3) is 0.529. The summed E-state index contributed by atoms with van der Waals surface area (Å²) >= 11 is 0. The molecule has 0 radical (unpaired) electrons. The smallest absolute Gasteiger partial charge is 0.122 e. The Labute approximate surface area is 131 Å². The number of nitrogens with one attached hydrogen (secondary N) is 2. The predicted molar refractivity (Wildman–Crippen MR) is 88.8 cm³/mol. The van der Waals surface area contributed by atoms with E-state index in [1.165, 1.54) is 0 Å². The lowest BCUT2D eigenvalue weighted by Gasteiger charge is -2.32. The van der Waals surface area contributed by atoms with Crippen molar-refractivity contribution in [1.29, 1.82) is 5.41 Å². The minimum Gasteiger partial charge on any atom is -0.490 e. The van der Waals surface area contributed by atoms with Crippen LogP contribution in [0.3, 0.4) is 0 Å². The van der Waals surface area contributed by atoms with Crippen molar-refractivity contribution >= 4 is 16.9 Å². The maximum atomic E-state index is 7.69. The molecule has 1 saturated heterocycles. The van der Waals surface area contributed by atoms with Gasteiger partial charge >= 0.3 is 0 Å². The number of nitrogens with zero attached hydrogens (tertiary/aromatic N) is 2. The molecule has 2 aromatic rings. The second-order valence-electron chi connectivity index (χ2n) is 6.06. The van der Waals surface area contributed by atoms with Crippen molar-refractivity contribution in [2.75, 3.05) is 13.1 Å². The third-order valence-electron chi connectivity index (χ3n) is 4.35. The first-order valence-corrected chi connectivity index (χ1v) is 8.02. The van der Waals surface area contributed by atoms with Gasteiger partial charge in [0.15, 0.2) is 0 Å². The van der Waals surface area contributed by atoms with E-state index in [0.717, 1.165) is 60.5 Å². The molecule has 5 heteroatoms. The molecule has 1 aliphatic rings. The van der Waals surface area contributed by atoms with Gasteiger partial charge in [-0.2, -0.15) is 0 Å². The molecule has 1 aromatic heterocycles. The third kappa shape index (κ3) is 2.93. The van der Waals surface area contributed by atoms with E-state index >= 15 is 0 Å². The first-order chi connectivity index (χ1) is 10.6. The number of hydrogen-bond acceptors (Lipinski definition) is 3. The number of aryl methyl sites for hydroxylation is 2. The fourth-order valence-corrected chi connectivity index (χ4v) is 3.05. The molecule has 22 heavy (non-hydrogen) atoms. The number of aromatic nitrogens is 2. The second kappa shape index (κ2) is 5.99. The molecule has 3 rings (SSSR count). The highest BCUT2D eigenvalue weighted by Gasteiger charge is 2.21. The Morgan fingerprint density at radius 3 is 2.77 bits per heavy atom. The van der Waals surface area contributed by atoms with E-state index in [9.17, 15) is 0 Å². The summed E-state index contributed by atoms with van der Waals surface area (Å²) in [7, 11) is 0. The Bertz CT molecular complexity index is 683. The normalized spacial score (nSPS) is 16.2. The Balaban J connectivity index is 1.73. The van der Waals surface area contributed by atoms with Crippen LogP contribution in [0.1, 0.15) is 38.1 Å². The average Bonchev–Trinajstić information content (AvgIpc) is 2.91. The number of amidine groups is 1. The number of imidazole rings is 1. The number of benzene rings is 1. The molecule has 0 unspecified atom stereocenters. The maximum absolute atomic E-state index is 7.69. The van der Waals surface area contributed by atoms with E-state index < -0.39 is 0 Å². The topological polar surface area (TPSA) is 65.0 Å². The summed E-state index contributed by atoms with van der Waals surface area (Å²) in [6.07, 6.45) is 3.08. The van der Waals surface area contributed by atoms with Crippen LogP contribution in [0.4, 0.5) is 0 Å². The SMILES string of the molecule is CCc1nc2c(C)cc(OC3CCN(C(C)=N)CC3)cc2[nH]1. The van der Waals surface area contributed by atoms with E-state index in [2.05, 4.69) is 40.8 Å². The largest absolute Gasteiger partial charge is 0.490 e. The zero-order valence-corrected chi connectivity index (χ0v) is 13.6. The molecule has 2 heterocycles. The first-order valence-electron chi connectivity index (χ1n) is 8.02. The molecule has 0 atom stereocenters. The summed E-state index contributed by atoms with van der Waals surface area (Å²) in [5.41, 5.74) is 3.24. The van der Waals surface area contributed by atoms with Crippen LogP contribution in [0, 0.1) is 12.3 Å². The van der Waals surface area contributed by atoms with E-state index in [4.69, 9.17) is 10.1 Å². The van der Waals surface area contributed by atoms with E-state index in [-0.39, 0.29) is 6.10 Å². The summed E-state index contributed by atoms with van der Waals surface area (Å²) in [6, 6.07) is 4.14. The van der Waals surface area contributed by atoms with Crippen molar-refractivity contribution < 1.29 is 4.74 Å². The third-order valence-corrected chi connectivity index (χ3v) is 4.35. The predicted octanol–water partition coefficient (Wildman–Crippen LogP) is 3.27. The van der Waals surface area contributed by atoms with E-state index in [1.54, 1.807) is 0 Å². The number of rotatable bonds is 3. The summed E-state index contributed by atoms with van der Waals surface area (Å²) < 4.78 is 6.17. The lowest BCUT2D eigenvalue weighted by atomic mass is 10.1. The van der Waals surface area contributed by atoms with Gasteiger partial charge < -0.3 is 14.6 Å². The number of piperidine rings is 1. The number of likely N-dealkylation sites (tertiary alicyclic amines) is 1. The minimum atomic E-state index is 0.237. The van der Waals surface area contributed by atoms with Gasteiger partial charge in [-0.25, -0.2) is 4.98 Å². The monoisotopic (exact) mass is 300 g/mol. The van der Waals surface area contributed by atoms with Crippen molar-refractivity contribution in [2.45, 2.75) is 46.1 Å². The van der Waals surface area contributed by atoms with Crippen LogP contribution in [-0.2, 0) is 6.42 Å². The minimum absolute atomic E-state index is 0.237. The van der Waals surface area contributed by atoms with Crippen LogP contribution in [0.25, 0.3) is 11.0 Å². The lowest BCUT2D eigenvalue weighted by Crippen LogP contribution is -2.40. The second-order valence-corrected chi connectivity index (χ2v) is 6.06.